The fraction of sp³-hybridized carbons (Fsp3) is 0.786. The highest BCUT2D eigenvalue weighted by Gasteiger charge is 2.28. The SMILES string of the molecule is CN=C(NCCC1=CCCCC1)NC1CCS(=O)(=O)C1.I. The lowest BCUT2D eigenvalue weighted by molar-refractivity contribution is 0.599. The minimum atomic E-state index is -2.84. The summed E-state index contributed by atoms with van der Waals surface area (Å²) in [6.45, 7) is 0.852. The Morgan fingerprint density at radius 3 is 2.81 bits per heavy atom. The number of halogens is 1. The van der Waals surface area contributed by atoms with Crippen LogP contribution in [0.15, 0.2) is 16.6 Å². The molecule has 1 heterocycles. The standard InChI is InChI=1S/C14H25N3O2S.HI/c1-15-14(17-13-8-10-20(18,19)11-13)16-9-7-12-5-3-2-4-6-12;/h5,13H,2-4,6-11H2,1H3,(H2,15,16,17);1H. The lowest BCUT2D eigenvalue weighted by atomic mass is 9.97. The van der Waals surface area contributed by atoms with Gasteiger partial charge in [-0.05, 0) is 38.5 Å². The van der Waals surface area contributed by atoms with E-state index in [1.54, 1.807) is 7.05 Å². The van der Waals surface area contributed by atoms with Crippen LogP contribution >= 0.6 is 24.0 Å². The van der Waals surface area contributed by atoms with Crippen molar-refractivity contribution in [3.8, 4) is 0 Å². The van der Waals surface area contributed by atoms with Gasteiger partial charge in [-0.15, -0.1) is 24.0 Å². The van der Waals surface area contributed by atoms with E-state index in [4.69, 9.17) is 0 Å². The van der Waals surface area contributed by atoms with E-state index in [0.717, 1.165) is 13.0 Å². The van der Waals surface area contributed by atoms with Crippen LogP contribution in [-0.4, -0.2) is 45.5 Å². The highest BCUT2D eigenvalue weighted by Crippen LogP contribution is 2.19. The average Bonchev–Trinajstić information content (AvgIpc) is 2.78. The Kier molecular flexibility index (Phi) is 8.00. The van der Waals surface area contributed by atoms with Gasteiger partial charge in [-0.25, -0.2) is 8.42 Å². The summed E-state index contributed by atoms with van der Waals surface area (Å²) in [6.07, 6.45) is 9.12. The fourth-order valence-corrected chi connectivity index (χ4v) is 4.44. The molecule has 21 heavy (non-hydrogen) atoms. The van der Waals surface area contributed by atoms with E-state index in [1.165, 1.54) is 31.3 Å². The van der Waals surface area contributed by atoms with E-state index >= 15 is 0 Å². The average molecular weight is 427 g/mol. The molecular formula is C14H26IN3O2S. The second kappa shape index (κ2) is 8.97. The zero-order valence-corrected chi connectivity index (χ0v) is 15.7. The molecule has 1 unspecified atom stereocenters. The van der Waals surface area contributed by atoms with Crippen molar-refractivity contribution in [2.24, 2.45) is 4.99 Å². The smallest absolute Gasteiger partial charge is 0.191 e. The van der Waals surface area contributed by atoms with Crippen molar-refractivity contribution >= 4 is 39.8 Å². The van der Waals surface area contributed by atoms with E-state index in [9.17, 15) is 8.42 Å². The Morgan fingerprint density at radius 2 is 2.24 bits per heavy atom. The highest BCUT2D eigenvalue weighted by molar-refractivity contribution is 14.0. The van der Waals surface area contributed by atoms with Crippen molar-refractivity contribution in [3.63, 3.8) is 0 Å². The number of sulfone groups is 1. The Bertz CT molecular complexity index is 488. The van der Waals surface area contributed by atoms with Crippen molar-refractivity contribution < 1.29 is 8.42 Å². The maximum Gasteiger partial charge on any atom is 0.191 e. The van der Waals surface area contributed by atoms with Crippen molar-refractivity contribution in [2.75, 3.05) is 25.1 Å². The first-order valence-electron chi connectivity index (χ1n) is 7.44. The van der Waals surface area contributed by atoms with Gasteiger partial charge in [-0.1, -0.05) is 11.6 Å². The number of nitrogens with one attached hydrogen (secondary N) is 2. The van der Waals surface area contributed by atoms with Gasteiger partial charge >= 0.3 is 0 Å². The lowest BCUT2D eigenvalue weighted by Gasteiger charge is -2.17. The number of aliphatic imine (C=N–C) groups is 1. The molecule has 1 fully saturated rings. The molecule has 0 saturated carbocycles. The predicted molar refractivity (Wildman–Crippen MR) is 98.1 cm³/mol. The zero-order chi connectivity index (χ0) is 14.4. The largest absolute Gasteiger partial charge is 0.356 e. The Balaban J connectivity index is 0.00000220. The quantitative estimate of drug-likeness (QED) is 0.311. The summed E-state index contributed by atoms with van der Waals surface area (Å²) in [5, 5.41) is 6.47. The van der Waals surface area contributed by atoms with Crippen LogP contribution in [0.25, 0.3) is 0 Å². The molecule has 0 spiro atoms. The summed E-state index contributed by atoms with van der Waals surface area (Å²) < 4.78 is 22.8. The van der Waals surface area contributed by atoms with E-state index in [1.807, 2.05) is 0 Å². The molecule has 1 saturated heterocycles. The number of hydrogen-bond donors (Lipinski definition) is 2. The maximum absolute atomic E-state index is 11.4. The third-order valence-corrected chi connectivity index (χ3v) is 5.69. The molecule has 0 aromatic rings. The molecule has 7 heteroatoms. The zero-order valence-electron chi connectivity index (χ0n) is 12.6. The van der Waals surface area contributed by atoms with E-state index < -0.39 is 9.84 Å². The summed E-state index contributed by atoms with van der Waals surface area (Å²) in [5.74, 6) is 1.22. The van der Waals surface area contributed by atoms with E-state index in [-0.39, 0.29) is 41.5 Å². The maximum atomic E-state index is 11.4. The van der Waals surface area contributed by atoms with Crippen LogP contribution in [-0.2, 0) is 9.84 Å². The van der Waals surface area contributed by atoms with Crippen molar-refractivity contribution in [1.82, 2.24) is 10.6 Å². The molecule has 0 bridgehead atoms. The number of rotatable bonds is 4. The molecule has 122 valence electrons. The molecule has 2 aliphatic rings. The highest BCUT2D eigenvalue weighted by atomic mass is 127. The topological polar surface area (TPSA) is 70.6 Å². The van der Waals surface area contributed by atoms with Crippen LogP contribution in [0.4, 0.5) is 0 Å². The van der Waals surface area contributed by atoms with Crippen LogP contribution in [0.3, 0.4) is 0 Å². The van der Waals surface area contributed by atoms with Gasteiger partial charge in [-0.3, -0.25) is 4.99 Å². The molecule has 5 nitrogen and oxygen atoms in total. The number of nitrogens with zero attached hydrogens (tertiary/aromatic N) is 1. The molecule has 0 radical (unpaired) electrons. The van der Waals surface area contributed by atoms with Crippen molar-refractivity contribution in [2.45, 2.75) is 44.6 Å². The fourth-order valence-electron chi connectivity index (χ4n) is 2.77. The second-order valence-electron chi connectivity index (χ2n) is 5.60. The molecule has 0 aromatic carbocycles. The first-order chi connectivity index (χ1) is 9.59. The molecule has 1 aliphatic heterocycles. The number of allylic oxidation sites excluding steroid dienone is 1. The van der Waals surface area contributed by atoms with Crippen LogP contribution in [0, 0.1) is 0 Å². The summed E-state index contributed by atoms with van der Waals surface area (Å²) in [4.78, 5) is 4.16. The number of hydrogen-bond acceptors (Lipinski definition) is 3. The molecular weight excluding hydrogens is 401 g/mol. The molecule has 0 amide bonds. The molecule has 1 atom stereocenters. The van der Waals surface area contributed by atoms with Crippen LogP contribution < -0.4 is 10.6 Å². The Labute approximate surface area is 145 Å². The van der Waals surface area contributed by atoms with Gasteiger partial charge in [0.15, 0.2) is 15.8 Å². The third kappa shape index (κ3) is 6.54. The summed E-state index contributed by atoms with van der Waals surface area (Å²) >= 11 is 0. The molecule has 2 rings (SSSR count). The van der Waals surface area contributed by atoms with Crippen LogP contribution in [0.2, 0.25) is 0 Å². The first-order valence-corrected chi connectivity index (χ1v) is 9.27. The molecule has 0 aromatic heterocycles. The second-order valence-corrected chi connectivity index (χ2v) is 7.83. The van der Waals surface area contributed by atoms with Gasteiger partial charge in [0.25, 0.3) is 0 Å². The van der Waals surface area contributed by atoms with Gasteiger partial charge in [0, 0.05) is 19.6 Å². The van der Waals surface area contributed by atoms with Gasteiger partial charge in [0.1, 0.15) is 0 Å². The van der Waals surface area contributed by atoms with Gasteiger partial charge in [0.05, 0.1) is 11.5 Å². The van der Waals surface area contributed by atoms with Crippen LogP contribution in [0.5, 0.6) is 0 Å². The normalized spacial score (nSPS) is 24.9. The van der Waals surface area contributed by atoms with E-state index in [0.29, 0.717) is 12.4 Å². The lowest BCUT2D eigenvalue weighted by Crippen LogP contribution is -2.44. The summed E-state index contributed by atoms with van der Waals surface area (Å²) in [5.41, 5.74) is 1.53. The molecule has 1 aliphatic carbocycles. The van der Waals surface area contributed by atoms with Gasteiger partial charge < -0.3 is 10.6 Å². The summed E-state index contributed by atoms with van der Waals surface area (Å²) in [7, 11) is -1.12. The van der Waals surface area contributed by atoms with Gasteiger partial charge in [0.2, 0.25) is 0 Å². The van der Waals surface area contributed by atoms with Gasteiger partial charge in [-0.2, -0.15) is 0 Å². The summed E-state index contributed by atoms with van der Waals surface area (Å²) in [6, 6.07) is 0.0000890. The minimum absolute atomic E-state index is 0. The van der Waals surface area contributed by atoms with Crippen LogP contribution in [0.1, 0.15) is 38.5 Å². The number of guanidine groups is 1. The third-order valence-electron chi connectivity index (χ3n) is 3.92. The van der Waals surface area contributed by atoms with Crippen molar-refractivity contribution in [1.29, 1.82) is 0 Å². The first kappa shape index (κ1) is 18.7. The monoisotopic (exact) mass is 427 g/mol. The minimum Gasteiger partial charge on any atom is -0.356 e. The van der Waals surface area contributed by atoms with E-state index in [2.05, 4.69) is 21.7 Å². The van der Waals surface area contributed by atoms with Crippen molar-refractivity contribution in [3.05, 3.63) is 11.6 Å². The Morgan fingerprint density at radius 1 is 1.43 bits per heavy atom. The Hall–Kier alpha value is -0.310. The molecule has 2 N–H and O–H groups in total. The predicted octanol–water partition coefficient (Wildman–Crippen LogP) is 1.85.